The number of carbonyl (C=O) groups is 1. The lowest BCUT2D eigenvalue weighted by molar-refractivity contribution is -0.534. The number of rotatable bonds is 5. The molecule has 0 aromatic heterocycles. The fourth-order valence-electron chi connectivity index (χ4n) is 6.41. The summed E-state index contributed by atoms with van der Waals surface area (Å²) in [5, 5.41) is 16.9. The maximum absolute atomic E-state index is 13.6. The van der Waals surface area contributed by atoms with Crippen LogP contribution in [0.4, 0.5) is 5.69 Å². The van der Waals surface area contributed by atoms with Crippen LogP contribution in [-0.4, -0.2) is 34.4 Å². The molecule has 0 aliphatic carbocycles. The van der Waals surface area contributed by atoms with E-state index in [9.17, 15) is 14.9 Å². The number of nitrogens with one attached hydrogen (secondary N) is 1. The molecule has 0 saturated carbocycles. The van der Waals surface area contributed by atoms with Gasteiger partial charge >= 0.3 is 0 Å². The summed E-state index contributed by atoms with van der Waals surface area (Å²) in [7, 11) is 0. The van der Waals surface area contributed by atoms with Gasteiger partial charge in [-0.2, -0.15) is 0 Å². The van der Waals surface area contributed by atoms with Gasteiger partial charge < -0.3 is 10.1 Å². The SMILES string of the molecule is O=C1Nc2ccccc2[C@]12[C@H]([N+](=O)[O-])[C@H](c1ccc(OCc3ccc(Cl)c(Cl)c3)c(Cl)c1)[C@@H]1CCCN12. The number of nitrogens with zero attached hydrogens (tertiary/aromatic N) is 2. The lowest BCUT2D eigenvalue weighted by Gasteiger charge is -2.32. The molecule has 3 heterocycles. The van der Waals surface area contributed by atoms with Crippen LogP contribution in [0.25, 0.3) is 0 Å². The number of benzene rings is 3. The summed E-state index contributed by atoms with van der Waals surface area (Å²) in [6.07, 6.45) is 1.63. The third-order valence-electron chi connectivity index (χ3n) is 7.81. The van der Waals surface area contributed by atoms with Crippen molar-refractivity contribution in [3.05, 3.63) is 103 Å². The number of halogens is 3. The first-order valence-electron chi connectivity index (χ1n) is 12.0. The molecule has 2 saturated heterocycles. The molecule has 3 aliphatic rings. The van der Waals surface area contributed by atoms with Crippen molar-refractivity contribution in [1.82, 2.24) is 4.90 Å². The van der Waals surface area contributed by atoms with Gasteiger partial charge in [-0.25, -0.2) is 0 Å². The highest BCUT2D eigenvalue weighted by Gasteiger charge is 2.73. The minimum absolute atomic E-state index is 0.161. The minimum atomic E-state index is -1.36. The summed E-state index contributed by atoms with van der Waals surface area (Å²) in [6, 6.07) is 16.5. The van der Waals surface area contributed by atoms with Gasteiger partial charge in [-0.05, 0) is 54.3 Å². The van der Waals surface area contributed by atoms with Crippen molar-refractivity contribution < 1.29 is 14.5 Å². The average Bonchev–Trinajstić information content (AvgIpc) is 3.53. The number of anilines is 1. The molecule has 1 spiro atoms. The van der Waals surface area contributed by atoms with Crippen molar-refractivity contribution in [3.8, 4) is 5.75 Å². The molecule has 10 heteroatoms. The van der Waals surface area contributed by atoms with Crippen molar-refractivity contribution >= 4 is 46.4 Å². The van der Waals surface area contributed by atoms with Crippen LogP contribution in [0, 0.1) is 10.1 Å². The second kappa shape index (κ2) is 9.17. The summed E-state index contributed by atoms with van der Waals surface area (Å²) in [5.41, 5.74) is 1.49. The van der Waals surface area contributed by atoms with Crippen LogP contribution in [0.2, 0.25) is 15.1 Å². The summed E-state index contributed by atoms with van der Waals surface area (Å²) >= 11 is 18.7. The molecule has 3 aromatic carbocycles. The number of hydrogen-bond donors (Lipinski definition) is 1. The van der Waals surface area contributed by atoms with Crippen LogP contribution >= 0.6 is 34.8 Å². The van der Waals surface area contributed by atoms with Gasteiger partial charge in [0.1, 0.15) is 12.4 Å². The molecule has 1 N–H and O–H groups in total. The number of para-hydroxylation sites is 1. The van der Waals surface area contributed by atoms with E-state index in [1.807, 2.05) is 30.3 Å². The fraction of sp³-hybridized carbons (Fsp3) is 0.296. The summed E-state index contributed by atoms with van der Waals surface area (Å²) in [5.74, 6) is -0.400. The quantitative estimate of drug-likeness (QED) is 0.294. The van der Waals surface area contributed by atoms with E-state index >= 15 is 0 Å². The molecule has 6 rings (SSSR count). The third kappa shape index (κ3) is 3.71. The zero-order valence-corrected chi connectivity index (χ0v) is 21.8. The molecule has 0 bridgehead atoms. The van der Waals surface area contributed by atoms with Crippen LogP contribution < -0.4 is 10.1 Å². The van der Waals surface area contributed by atoms with Crippen LogP contribution in [-0.2, 0) is 16.9 Å². The normalized spacial score (nSPS) is 26.2. The van der Waals surface area contributed by atoms with Gasteiger partial charge in [0.25, 0.3) is 11.9 Å². The van der Waals surface area contributed by atoms with E-state index in [1.54, 1.807) is 30.3 Å². The monoisotopic (exact) mass is 557 g/mol. The van der Waals surface area contributed by atoms with Gasteiger partial charge in [0.2, 0.25) is 0 Å². The van der Waals surface area contributed by atoms with E-state index in [0.29, 0.717) is 38.6 Å². The molecule has 3 aromatic rings. The fourth-order valence-corrected chi connectivity index (χ4v) is 6.97. The number of fused-ring (bicyclic) bond motifs is 4. The number of nitro groups is 1. The summed E-state index contributed by atoms with van der Waals surface area (Å²) in [4.78, 5) is 28.0. The Kier molecular flexibility index (Phi) is 6.07. The molecule has 4 atom stereocenters. The molecular formula is C27H22Cl3N3O4. The summed E-state index contributed by atoms with van der Waals surface area (Å²) < 4.78 is 5.91. The molecule has 7 nitrogen and oxygen atoms in total. The third-order valence-corrected chi connectivity index (χ3v) is 8.85. The highest BCUT2D eigenvalue weighted by molar-refractivity contribution is 6.42. The highest BCUT2D eigenvalue weighted by Crippen LogP contribution is 2.58. The van der Waals surface area contributed by atoms with Crippen molar-refractivity contribution in [2.24, 2.45) is 0 Å². The first-order valence-corrected chi connectivity index (χ1v) is 13.1. The molecule has 2 fully saturated rings. The van der Waals surface area contributed by atoms with Gasteiger partial charge in [0.05, 0.1) is 21.0 Å². The standard InChI is InChI=1S/C27H22Cl3N3O4/c28-18-9-7-15(12-19(18)29)14-37-23-10-8-16(13-20(23)30)24-22-6-3-11-32(22)27(25(24)33(35)36)17-4-1-2-5-21(17)31-26(27)34/h1-2,4-5,7-10,12-13,22,24-25H,3,6,11,14H2,(H,31,34)/t22-,24+,25+,27-/m0/s1. The lowest BCUT2D eigenvalue weighted by atomic mass is 9.77. The van der Waals surface area contributed by atoms with Crippen molar-refractivity contribution in [2.75, 3.05) is 11.9 Å². The summed E-state index contributed by atoms with van der Waals surface area (Å²) in [6.45, 7) is 0.846. The van der Waals surface area contributed by atoms with Gasteiger partial charge in [-0.15, -0.1) is 0 Å². The predicted octanol–water partition coefficient (Wildman–Crippen LogP) is 6.28. The van der Waals surface area contributed by atoms with E-state index in [2.05, 4.69) is 10.2 Å². The molecule has 3 aliphatic heterocycles. The van der Waals surface area contributed by atoms with Gasteiger partial charge in [-0.3, -0.25) is 19.8 Å². The van der Waals surface area contributed by atoms with Crippen molar-refractivity contribution in [3.63, 3.8) is 0 Å². The van der Waals surface area contributed by atoms with Gasteiger partial charge in [0, 0.05) is 28.8 Å². The van der Waals surface area contributed by atoms with E-state index < -0.39 is 17.5 Å². The molecule has 37 heavy (non-hydrogen) atoms. The van der Waals surface area contributed by atoms with Gasteiger partial charge in [-0.1, -0.05) is 65.1 Å². The number of ether oxygens (including phenoxy) is 1. The molecule has 0 radical (unpaired) electrons. The molecule has 1 amide bonds. The number of carbonyl (C=O) groups excluding carboxylic acids is 1. The largest absolute Gasteiger partial charge is 0.487 e. The Balaban J connectivity index is 1.36. The first-order chi connectivity index (χ1) is 17.8. The lowest BCUT2D eigenvalue weighted by Crippen LogP contribution is -2.55. The second-order valence-corrected chi connectivity index (χ2v) is 10.9. The second-order valence-electron chi connectivity index (χ2n) is 9.65. The Morgan fingerprint density at radius 3 is 2.62 bits per heavy atom. The van der Waals surface area contributed by atoms with Gasteiger partial charge in [0.15, 0.2) is 5.54 Å². The smallest absolute Gasteiger partial charge is 0.256 e. The topological polar surface area (TPSA) is 84.7 Å². The van der Waals surface area contributed by atoms with E-state index in [4.69, 9.17) is 39.5 Å². The maximum atomic E-state index is 13.6. The zero-order valence-electron chi connectivity index (χ0n) is 19.5. The van der Waals surface area contributed by atoms with Crippen LogP contribution in [0.1, 0.15) is 35.4 Å². The van der Waals surface area contributed by atoms with E-state index in [0.717, 1.165) is 24.0 Å². The Morgan fingerprint density at radius 2 is 1.86 bits per heavy atom. The Bertz CT molecular complexity index is 1430. The van der Waals surface area contributed by atoms with Crippen molar-refractivity contribution in [1.29, 1.82) is 0 Å². The predicted molar refractivity (Wildman–Crippen MR) is 142 cm³/mol. The number of hydrogen-bond acceptors (Lipinski definition) is 5. The van der Waals surface area contributed by atoms with Crippen LogP contribution in [0.3, 0.4) is 0 Å². The Labute approximate surface area is 228 Å². The maximum Gasteiger partial charge on any atom is 0.256 e. The number of amides is 1. The Hall–Kier alpha value is -2.84. The van der Waals surface area contributed by atoms with Crippen LogP contribution in [0.5, 0.6) is 5.75 Å². The van der Waals surface area contributed by atoms with Crippen molar-refractivity contribution in [2.45, 2.75) is 43.0 Å². The molecular weight excluding hydrogens is 537 g/mol. The Morgan fingerprint density at radius 1 is 1.05 bits per heavy atom. The minimum Gasteiger partial charge on any atom is -0.487 e. The molecule has 190 valence electrons. The first kappa shape index (κ1) is 24.5. The highest BCUT2D eigenvalue weighted by atomic mass is 35.5. The van der Waals surface area contributed by atoms with Crippen LogP contribution in [0.15, 0.2) is 60.7 Å². The molecule has 0 unspecified atom stereocenters. The zero-order chi connectivity index (χ0) is 25.9. The average molecular weight is 559 g/mol. The van der Waals surface area contributed by atoms with E-state index in [1.165, 1.54) is 0 Å². The van der Waals surface area contributed by atoms with E-state index in [-0.39, 0.29) is 23.5 Å².